The van der Waals surface area contributed by atoms with E-state index < -0.39 is 49.8 Å². The number of carbonyl (C=O) groups excluding carboxylic acids is 1. The molecule has 0 spiro atoms. The summed E-state index contributed by atoms with van der Waals surface area (Å²) < 4.78 is 29.1. The highest BCUT2D eigenvalue weighted by Gasteiger charge is 2.31. The van der Waals surface area contributed by atoms with Gasteiger partial charge in [0.2, 0.25) is 21.5 Å². The molecule has 0 bridgehead atoms. The number of carbonyl (C=O) groups is 1. The fourth-order valence-corrected chi connectivity index (χ4v) is 4.10. The molecule has 1 saturated heterocycles. The number of sulfone groups is 1. The van der Waals surface area contributed by atoms with Crippen LogP contribution >= 0.6 is 0 Å². The van der Waals surface area contributed by atoms with Gasteiger partial charge in [-0.05, 0) is 31.4 Å². The number of aliphatic hydroxyl groups is 1. The number of nitrogens with zero attached hydrogens (tertiary/aromatic N) is 6. The third kappa shape index (κ3) is 6.51. The predicted octanol–water partition coefficient (Wildman–Crippen LogP) is 0.296. The van der Waals surface area contributed by atoms with Crippen LogP contribution in [0.1, 0.15) is 25.3 Å². The quantitative estimate of drug-likeness (QED) is 0.203. The Balaban J connectivity index is 1.98. The number of aromatic nitrogens is 3. The summed E-state index contributed by atoms with van der Waals surface area (Å²) in [4.78, 5) is 38.3. The largest absolute Gasteiger partial charge is 0.465 e. The molecule has 0 aliphatic carbocycles. The van der Waals surface area contributed by atoms with E-state index in [1.54, 1.807) is 25.3 Å². The van der Waals surface area contributed by atoms with E-state index in [-0.39, 0.29) is 19.3 Å². The molecule has 1 aliphatic rings. The van der Waals surface area contributed by atoms with E-state index in [0.29, 0.717) is 37.3 Å². The van der Waals surface area contributed by atoms with Gasteiger partial charge in [0.15, 0.2) is 0 Å². The second kappa shape index (κ2) is 10.8. The van der Waals surface area contributed by atoms with Crippen molar-refractivity contribution in [2.45, 2.75) is 37.6 Å². The molecule has 3 rings (SSSR count). The molecule has 2 aromatic rings. The van der Waals surface area contributed by atoms with Gasteiger partial charge in [0.1, 0.15) is 12.4 Å². The molecular formula is C20H27N7O7S. The van der Waals surface area contributed by atoms with Crippen molar-refractivity contribution in [1.29, 1.82) is 0 Å². The second-order valence-corrected chi connectivity index (χ2v) is 9.91. The number of esters is 1. The van der Waals surface area contributed by atoms with Gasteiger partial charge >= 0.3 is 11.7 Å². The summed E-state index contributed by atoms with van der Waals surface area (Å²) in [6, 6.07) is 3.50. The SMILES string of the molecule is CCOC(=O)CN(Cc1ccc(N2CCC(O)CC2)nc1)c1nc(S(C)(=O)=O)nc(N)c1[N+](=O)[O-]. The smallest absolute Gasteiger partial charge is 0.353 e. The molecular weight excluding hydrogens is 482 g/mol. The number of nitro groups is 1. The van der Waals surface area contributed by atoms with Crippen molar-refractivity contribution < 1.29 is 28.0 Å². The maximum Gasteiger partial charge on any atom is 0.353 e. The third-order valence-electron chi connectivity index (χ3n) is 5.28. The van der Waals surface area contributed by atoms with Gasteiger partial charge in [-0.3, -0.25) is 14.9 Å². The fourth-order valence-electron chi connectivity index (χ4n) is 3.58. The molecule has 0 radical (unpaired) electrons. The lowest BCUT2D eigenvalue weighted by molar-refractivity contribution is -0.383. The van der Waals surface area contributed by atoms with E-state index in [9.17, 15) is 28.4 Å². The zero-order chi connectivity index (χ0) is 25.8. The van der Waals surface area contributed by atoms with Gasteiger partial charge in [0, 0.05) is 32.1 Å². The highest BCUT2D eigenvalue weighted by Crippen LogP contribution is 2.33. The molecule has 14 nitrogen and oxygen atoms in total. The topological polar surface area (TPSA) is 195 Å². The van der Waals surface area contributed by atoms with Crippen molar-refractivity contribution in [3.8, 4) is 0 Å². The molecule has 0 aromatic carbocycles. The van der Waals surface area contributed by atoms with Gasteiger partial charge in [0.25, 0.3) is 5.16 Å². The van der Waals surface area contributed by atoms with Crippen LogP contribution in [0.25, 0.3) is 0 Å². The molecule has 35 heavy (non-hydrogen) atoms. The number of rotatable bonds is 9. The summed E-state index contributed by atoms with van der Waals surface area (Å²) in [5.41, 5.74) is 5.56. The normalized spacial score (nSPS) is 14.5. The number of anilines is 3. The first-order chi connectivity index (χ1) is 16.5. The number of piperidine rings is 1. The fraction of sp³-hybridized carbons (Fsp3) is 0.500. The number of hydrogen-bond donors (Lipinski definition) is 2. The van der Waals surface area contributed by atoms with Crippen LogP contribution in [0.4, 0.5) is 23.1 Å². The second-order valence-electron chi connectivity index (χ2n) is 8.00. The third-order valence-corrected chi connectivity index (χ3v) is 6.13. The Morgan fingerprint density at radius 1 is 1.34 bits per heavy atom. The summed E-state index contributed by atoms with van der Waals surface area (Å²) in [6.45, 7) is 2.46. The first-order valence-corrected chi connectivity index (χ1v) is 12.7. The predicted molar refractivity (Wildman–Crippen MR) is 126 cm³/mol. The molecule has 0 unspecified atom stereocenters. The van der Waals surface area contributed by atoms with Crippen LogP contribution in [0.5, 0.6) is 0 Å². The van der Waals surface area contributed by atoms with Crippen LogP contribution in [-0.4, -0.2) is 78.0 Å². The van der Waals surface area contributed by atoms with Crippen LogP contribution < -0.4 is 15.5 Å². The summed E-state index contributed by atoms with van der Waals surface area (Å²) in [6.07, 6.45) is 3.34. The number of hydrogen-bond acceptors (Lipinski definition) is 13. The van der Waals surface area contributed by atoms with Gasteiger partial charge in [-0.15, -0.1) is 0 Å². The van der Waals surface area contributed by atoms with E-state index in [1.807, 2.05) is 4.90 Å². The van der Waals surface area contributed by atoms with Crippen molar-refractivity contribution in [2.24, 2.45) is 0 Å². The molecule has 1 fully saturated rings. The molecule has 1 aliphatic heterocycles. The standard InChI is InChI=1S/C20H27N7O7S/c1-3-34-16(29)12-26(19-17(27(30)31)18(21)23-20(24-19)35(2,32)33)11-13-4-5-15(22-10-13)25-8-6-14(28)7-9-25/h4-5,10,14,28H,3,6-9,11-12H2,1-2H3,(H2,21,23,24). The van der Waals surface area contributed by atoms with Crippen LogP contribution in [0.15, 0.2) is 23.5 Å². The van der Waals surface area contributed by atoms with Crippen LogP contribution in [0.2, 0.25) is 0 Å². The minimum absolute atomic E-state index is 0.0781. The number of ether oxygens (including phenoxy) is 1. The average molecular weight is 510 g/mol. The Bertz CT molecular complexity index is 1180. The van der Waals surface area contributed by atoms with Crippen LogP contribution in [-0.2, 0) is 25.9 Å². The Morgan fingerprint density at radius 3 is 2.57 bits per heavy atom. The Hall–Kier alpha value is -3.59. The minimum atomic E-state index is -3.96. The van der Waals surface area contributed by atoms with Gasteiger partial charge in [-0.2, -0.15) is 9.97 Å². The van der Waals surface area contributed by atoms with Gasteiger partial charge < -0.3 is 25.4 Å². The number of nitrogens with two attached hydrogens (primary N) is 1. The molecule has 0 saturated carbocycles. The molecule has 190 valence electrons. The van der Waals surface area contributed by atoms with Crippen molar-refractivity contribution in [1.82, 2.24) is 15.0 Å². The van der Waals surface area contributed by atoms with Crippen molar-refractivity contribution in [2.75, 3.05) is 48.0 Å². The maximum absolute atomic E-state index is 12.3. The Kier molecular flexibility index (Phi) is 8.01. The zero-order valence-corrected chi connectivity index (χ0v) is 20.1. The minimum Gasteiger partial charge on any atom is -0.465 e. The van der Waals surface area contributed by atoms with E-state index in [4.69, 9.17) is 10.5 Å². The summed E-state index contributed by atoms with van der Waals surface area (Å²) >= 11 is 0. The van der Waals surface area contributed by atoms with Crippen LogP contribution in [0, 0.1) is 10.1 Å². The summed E-state index contributed by atoms with van der Waals surface area (Å²) in [7, 11) is -3.96. The zero-order valence-electron chi connectivity index (χ0n) is 19.3. The van der Waals surface area contributed by atoms with Crippen molar-refractivity contribution in [3.05, 3.63) is 34.0 Å². The average Bonchev–Trinajstić information content (AvgIpc) is 2.78. The Morgan fingerprint density at radius 2 is 2.03 bits per heavy atom. The lowest BCUT2D eigenvalue weighted by Gasteiger charge is -2.30. The molecule has 2 aromatic heterocycles. The lowest BCUT2D eigenvalue weighted by Crippen LogP contribution is -2.36. The molecule has 3 N–H and O–H groups in total. The Labute approximate surface area is 201 Å². The summed E-state index contributed by atoms with van der Waals surface area (Å²) in [5.74, 6) is -1.06. The van der Waals surface area contributed by atoms with E-state index in [1.165, 1.54) is 4.90 Å². The molecule has 15 heteroatoms. The molecule has 0 atom stereocenters. The van der Waals surface area contributed by atoms with E-state index in [0.717, 1.165) is 6.26 Å². The van der Waals surface area contributed by atoms with E-state index in [2.05, 4.69) is 15.0 Å². The monoisotopic (exact) mass is 509 g/mol. The van der Waals surface area contributed by atoms with E-state index >= 15 is 0 Å². The number of aliphatic hydroxyl groups excluding tert-OH is 1. The van der Waals surface area contributed by atoms with Crippen molar-refractivity contribution in [3.63, 3.8) is 0 Å². The van der Waals surface area contributed by atoms with Gasteiger partial charge in [-0.1, -0.05) is 6.07 Å². The maximum atomic E-state index is 12.3. The first kappa shape index (κ1) is 26.0. The molecule has 3 heterocycles. The lowest BCUT2D eigenvalue weighted by atomic mass is 10.1. The first-order valence-electron chi connectivity index (χ1n) is 10.8. The van der Waals surface area contributed by atoms with Crippen molar-refractivity contribution >= 4 is 38.9 Å². The summed E-state index contributed by atoms with van der Waals surface area (Å²) in [5, 5.41) is 20.7. The van der Waals surface area contributed by atoms with Gasteiger partial charge in [-0.25, -0.2) is 13.4 Å². The highest BCUT2D eigenvalue weighted by atomic mass is 32.2. The van der Waals surface area contributed by atoms with Crippen LogP contribution in [0.3, 0.4) is 0 Å². The number of pyridine rings is 1. The number of nitrogen functional groups attached to an aromatic ring is 1. The molecule has 0 amide bonds. The van der Waals surface area contributed by atoms with Gasteiger partial charge in [0.05, 0.1) is 17.6 Å². The highest BCUT2D eigenvalue weighted by molar-refractivity contribution is 7.90.